The SMILES string of the molecule is CC(C)(C)c1ccc(C2=CC=C3C=CC=C4C=CC=C2C43)cc1.CC(C)(C)c1ccc2cccnc2c1.CC(C)(C)c1cncc2ncccc12.Cc1cccc(-c2ccc3ncccc3c2)c1.Cc1cccnc1-c1ccc(C(C)(C)C)cc1. The second-order valence-electron chi connectivity index (χ2n) is 26.5. The predicted molar refractivity (Wildman–Crippen MR) is 363 cm³/mol. The number of benzene rings is 5. The molecule has 3 aliphatic carbocycles. The molecule has 0 aliphatic heterocycles. The molecule has 85 heavy (non-hydrogen) atoms. The van der Waals surface area contributed by atoms with Crippen molar-refractivity contribution >= 4 is 38.3 Å². The highest BCUT2D eigenvalue weighted by Crippen LogP contribution is 2.45. The second-order valence-corrected chi connectivity index (χ2v) is 26.5. The first-order chi connectivity index (χ1) is 40.5. The van der Waals surface area contributed by atoms with Gasteiger partial charge in [-0.15, -0.1) is 0 Å². The van der Waals surface area contributed by atoms with Gasteiger partial charge in [0.1, 0.15) is 0 Å². The van der Waals surface area contributed by atoms with E-state index >= 15 is 0 Å². The Labute approximate surface area is 506 Å². The first-order valence-corrected chi connectivity index (χ1v) is 29.8. The summed E-state index contributed by atoms with van der Waals surface area (Å²) in [5.74, 6) is 0.410. The van der Waals surface area contributed by atoms with Crippen molar-refractivity contribution in [1.29, 1.82) is 0 Å². The zero-order chi connectivity index (χ0) is 60.5. The molecular formula is C80H83N5. The number of allylic oxidation sites excluding steroid dienone is 12. The molecular weight excluding hydrogens is 1030 g/mol. The molecule has 5 aromatic heterocycles. The molecule has 5 aromatic carbocycles. The van der Waals surface area contributed by atoms with E-state index in [4.69, 9.17) is 0 Å². The summed E-state index contributed by atoms with van der Waals surface area (Å²) in [5, 5.41) is 3.60. The molecule has 0 amide bonds. The zero-order valence-electron chi connectivity index (χ0n) is 52.4. The number of pyridine rings is 5. The maximum Gasteiger partial charge on any atom is 0.0888 e. The highest BCUT2D eigenvalue weighted by Gasteiger charge is 2.29. The Kier molecular flexibility index (Phi) is 18.5. The first kappa shape index (κ1) is 60.7. The quantitative estimate of drug-likeness (QED) is 0.176. The molecule has 5 heteroatoms. The largest absolute Gasteiger partial charge is 0.262 e. The van der Waals surface area contributed by atoms with Gasteiger partial charge in [-0.05, 0) is 145 Å². The van der Waals surface area contributed by atoms with Crippen molar-refractivity contribution in [2.24, 2.45) is 5.92 Å². The lowest BCUT2D eigenvalue weighted by Crippen LogP contribution is -2.17. The summed E-state index contributed by atoms with van der Waals surface area (Å²) in [5.41, 5.74) is 23.3. The Morgan fingerprint density at radius 3 is 1.58 bits per heavy atom. The van der Waals surface area contributed by atoms with Crippen molar-refractivity contribution in [2.45, 2.75) is 119 Å². The van der Waals surface area contributed by atoms with E-state index in [1.165, 1.54) is 94.1 Å². The Hall–Kier alpha value is -8.93. The molecule has 0 fully saturated rings. The van der Waals surface area contributed by atoms with Crippen LogP contribution in [0.2, 0.25) is 0 Å². The van der Waals surface area contributed by atoms with Crippen molar-refractivity contribution in [3.8, 4) is 22.4 Å². The van der Waals surface area contributed by atoms with Crippen LogP contribution in [0.3, 0.4) is 0 Å². The van der Waals surface area contributed by atoms with Gasteiger partial charge in [-0.25, -0.2) is 0 Å². The molecule has 0 spiro atoms. The maximum absolute atomic E-state index is 4.44. The van der Waals surface area contributed by atoms with Crippen LogP contribution in [0.1, 0.15) is 122 Å². The molecule has 0 N–H and O–H groups in total. The van der Waals surface area contributed by atoms with Crippen LogP contribution < -0.4 is 0 Å². The topological polar surface area (TPSA) is 64.5 Å². The minimum atomic E-state index is 0.121. The normalized spacial score (nSPS) is 14.3. The van der Waals surface area contributed by atoms with Crippen LogP contribution in [-0.4, -0.2) is 24.9 Å². The monoisotopic (exact) mass is 1110 g/mol. The van der Waals surface area contributed by atoms with Gasteiger partial charge in [0.25, 0.3) is 0 Å². The van der Waals surface area contributed by atoms with Gasteiger partial charge in [-0.3, -0.25) is 24.9 Å². The highest BCUT2D eigenvalue weighted by molar-refractivity contribution is 5.87. The van der Waals surface area contributed by atoms with E-state index in [1.807, 2.05) is 55.2 Å². The summed E-state index contributed by atoms with van der Waals surface area (Å²) in [6.45, 7) is 30.9. The maximum atomic E-state index is 4.44. The van der Waals surface area contributed by atoms with Gasteiger partial charge in [-0.2, -0.15) is 0 Å². The van der Waals surface area contributed by atoms with E-state index in [2.05, 4.69) is 304 Å². The summed E-state index contributed by atoms with van der Waals surface area (Å²) < 4.78 is 0. The van der Waals surface area contributed by atoms with Gasteiger partial charge in [-0.1, -0.05) is 253 Å². The standard InChI is InChI=1S/C23H22.C16H13N.C16H19N.C13H15N.C12H14N2/c1-23(2,3)19-13-10-16(11-14-19)20-15-12-18-7-4-6-17-8-5-9-21(20)22(17)18;1-12-4-2-5-13(10-12)14-7-8-16-15(11-14)6-3-9-17-16;1-12-6-5-11-17-15(12)13-7-9-14(10-8-13)16(2,3)4;1-13(2,3)11-7-6-10-5-4-8-14-12(10)9-11;1-12(2,3)10-7-13-8-11-9(10)5-4-6-14-11/h4-15,22H,1-3H3;2-11H,1H3;5-11H,1-4H3;4-9H,1-3H3;4-8H,1-3H3. The smallest absolute Gasteiger partial charge is 0.0888 e. The second kappa shape index (κ2) is 25.9. The van der Waals surface area contributed by atoms with Crippen LogP contribution >= 0.6 is 0 Å². The van der Waals surface area contributed by atoms with E-state index in [-0.39, 0.29) is 21.7 Å². The Balaban J connectivity index is 0.000000129. The lowest BCUT2D eigenvalue weighted by molar-refractivity contribution is 0.590. The van der Waals surface area contributed by atoms with Crippen molar-refractivity contribution < 1.29 is 0 Å². The summed E-state index contributed by atoms with van der Waals surface area (Å²) in [4.78, 5) is 21.6. The van der Waals surface area contributed by atoms with Crippen molar-refractivity contribution in [3.05, 3.63) is 299 Å². The average Bonchev–Trinajstić information content (AvgIpc) is 3.01. The van der Waals surface area contributed by atoms with Crippen LogP contribution in [0.4, 0.5) is 0 Å². The Morgan fingerprint density at radius 2 is 0.929 bits per heavy atom. The van der Waals surface area contributed by atoms with E-state index in [1.54, 1.807) is 6.20 Å². The third-order valence-corrected chi connectivity index (χ3v) is 15.7. The van der Waals surface area contributed by atoms with Crippen LogP contribution in [0.5, 0.6) is 0 Å². The molecule has 0 radical (unpaired) electrons. The molecule has 13 rings (SSSR count). The molecule has 1 atom stereocenters. The lowest BCUT2D eigenvalue weighted by atomic mass is 9.72. The van der Waals surface area contributed by atoms with Gasteiger partial charge >= 0.3 is 0 Å². The molecule has 1 unspecified atom stereocenters. The number of hydrogen-bond donors (Lipinski definition) is 0. The highest BCUT2D eigenvalue weighted by atomic mass is 14.7. The van der Waals surface area contributed by atoms with Crippen LogP contribution in [0.25, 0.3) is 60.7 Å². The van der Waals surface area contributed by atoms with E-state index in [0.717, 1.165) is 22.2 Å². The van der Waals surface area contributed by atoms with Gasteiger partial charge in [0, 0.05) is 58.6 Å². The predicted octanol–water partition coefficient (Wildman–Crippen LogP) is 20.9. The van der Waals surface area contributed by atoms with Crippen molar-refractivity contribution in [1.82, 2.24) is 24.9 Å². The van der Waals surface area contributed by atoms with Crippen LogP contribution in [-0.2, 0) is 21.7 Å². The minimum Gasteiger partial charge on any atom is -0.262 e. The number of rotatable bonds is 3. The van der Waals surface area contributed by atoms with Gasteiger partial charge in [0.2, 0.25) is 0 Å². The fraction of sp³-hybridized carbons (Fsp3) is 0.237. The average molecular weight is 1110 g/mol. The van der Waals surface area contributed by atoms with Gasteiger partial charge in [0.15, 0.2) is 0 Å². The first-order valence-electron chi connectivity index (χ1n) is 29.8. The molecule has 0 saturated carbocycles. The van der Waals surface area contributed by atoms with E-state index in [0.29, 0.717) is 5.92 Å². The number of aryl methyl sites for hydroxylation is 2. The third kappa shape index (κ3) is 15.3. The Bertz CT molecular complexity index is 4150. The van der Waals surface area contributed by atoms with E-state index < -0.39 is 0 Å². The van der Waals surface area contributed by atoms with Gasteiger partial charge in [0.05, 0.1) is 28.4 Å². The summed E-state index contributed by atoms with van der Waals surface area (Å²) in [7, 11) is 0. The molecule has 5 heterocycles. The third-order valence-electron chi connectivity index (χ3n) is 15.7. The molecule has 0 saturated heterocycles. The molecule has 428 valence electrons. The molecule has 5 nitrogen and oxygen atoms in total. The summed E-state index contributed by atoms with van der Waals surface area (Å²) in [6.07, 6.45) is 28.9. The van der Waals surface area contributed by atoms with Crippen molar-refractivity contribution in [2.75, 3.05) is 0 Å². The minimum absolute atomic E-state index is 0.121. The molecule has 3 aliphatic rings. The zero-order valence-corrected chi connectivity index (χ0v) is 52.4. The lowest BCUT2D eigenvalue weighted by Gasteiger charge is -2.32. The van der Waals surface area contributed by atoms with Gasteiger partial charge < -0.3 is 0 Å². The van der Waals surface area contributed by atoms with Crippen molar-refractivity contribution in [3.63, 3.8) is 0 Å². The van der Waals surface area contributed by atoms with E-state index in [9.17, 15) is 0 Å². The van der Waals surface area contributed by atoms with Crippen LogP contribution in [0.15, 0.2) is 260 Å². The number of fused-ring (bicyclic) bond motifs is 3. The number of hydrogen-bond acceptors (Lipinski definition) is 5. The Morgan fingerprint density at radius 1 is 0.376 bits per heavy atom. The fourth-order valence-corrected chi connectivity index (χ4v) is 10.7. The molecule has 10 aromatic rings. The number of nitrogens with zero attached hydrogens (tertiary/aromatic N) is 5. The van der Waals surface area contributed by atoms with Crippen LogP contribution in [0, 0.1) is 19.8 Å². The summed E-state index contributed by atoms with van der Waals surface area (Å²) >= 11 is 0. The molecule has 0 bridgehead atoms. The number of aromatic nitrogens is 5. The summed E-state index contributed by atoms with van der Waals surface area (Å²) in [6, 6.07) is 55.5. The fourth-order valence-electron chi connectivity index (χ4n) is 10.7.